The Kier molecular flexibility index (Phi) is 11.0. The molecule has 0 aliphatic heterocycles. The molecule has 0 aliphatic rings. The van der Waals surface area contributed by atoms with E-state index < -0.39 is 0 Å². The van der Waals surface area contributed by atoms with Gasteiger partial charge in [-0.3, -0.25) is 0 Å². The first-order valence-electron chi connectivity index (χ1n) is 10.1. The summed E-state index contributed by atoms with van der Waals surface area (Å²) in [5, 5.41) is 2.62. The number of aryl methyl sites for hydroxylation is 1. The van der Waals surface area contributed by atoms with Crippen molar-refractivity contribution in [3.05, 3.63) is 149 Å². The standard InChI is InChI=1S/C29H23.3ClH.Ti/c1-22-21-23-13-11-12-20-27(23)28(22)29(24-14-5-2-6-15-24,25-16-7-3-8-17-25)26-18-9-4-10-19-26;;;;/h2-21H,1H3;3*1H;/q-1;;;;. The van der Waals surface area contributed by atoms with Crippen LogP contribution >= 0.6 is 37.2 Å². The molecule has 0 aromatic heterocycles. The molecular weight excluding hydrogens is 503 g/mol. The first-order valence-corrected chi connectivity index (χ1v) is 10.1. The summed E-state index contributed by atoms with van der Waals surface area (Å²) >= 11 is 0. The van der Waals surface area contributed by atoms with Crippen molar-refractivity contribution < 1.29 is 21.7 Å². The fourth-order valence-corrected chi connectivity index (χ4v) is 4.86. The van der Waals surface area contributed by atoms with Crippen molar-refractivity contribution in [3.8, 4) is 0 Å². The molecular formula is C29H26Cl3Ti-. The van der Waals surface area contributed by atoms with Gasteiger partial charge < -0.3 is 0 Å². The molecule has 0 nitrogen and oxygen atoms in total. The number of benzene rings is 4. The maximum atomic E-state index is 2.33. The van der Waals surface area contributed by atoms with Gasteiger partial charge in [0.1, 0.15) is 0 Å². The molecule has 0 fully saturated rings. The molecule has 0 bridgehead atoms. The minimum Gasteiger partial charge on any atom is -0.165 e. The van der Waals surface area contributed by atoms with E-state index in [0.29, 0.717) is 0 Å². The van der Waals surface area contributed by atoms with Gasteiger partial charge in [-0.25, -0.2) is 0 Å². The molecule has 5 aromatic rings. The van der Waals surface area contributed by atoms with Crippen LogP contribution in [0.15, 0.2) is 121 Å². The summed E-state index contributed by atoms with van der Waals surface area (Å²) in [6.45, 7) is 2.25. The van der Waals surface area contributed by atoms with Crippen molar-refractivity contribution in [2.75, 3.05) is 0 Å². The fourth-order valence-electron chi connectivity index (χ4n) is 4.86. The maximum Gasteiger partial charge on any atom is 0.0368 e. The Labute approximate surface area is 229 Å². The van der Waals surface area contributed by atoms with E-state index in [9.17, 15) is 0 Å². The zero-order valence-electron chi connectivity index (χ0n) is 18.3. The molecule has 0 amide bonds. The number of rotatable bonds is 4. The smallest absolute Gasteiger partial charge is 0.0368 e. The zero-order valence-corrected chi connectivity index (χ0v) is 22.3. The summed E-state index contributed by atoms with van der Waals surface area (Å²) in [5.74, 6) is 0. The van der Waals surface area contributed by atoms with E-state index in [4.69, 9.17) is 0 Å². The van der Waals surface area contributed by atoms with Crippen molar-refractivity contribution >= 4 is 48.0 Å². The van der Waals surface area contributed by atoms with E-state index in [1.165, 1.54) is 38.6 Å². The minimum atomic E-state index is -0.378. The first kappa shape index (κ1) is 29.1. The van der Waals surface area contributed by atoms with Gasteiger partial charge >= 0.3 is 0 Å². The molecule has 168 valence electrons. The van der Waals surface area contributed by atoms with Gasteiger partial charge in [-0.1, -0.05) is 104 Å². The Bertz CT molecular complexity index is 1150. The second-order valence-electron chi connectivity index (χ2n) is 7.64. The predicted molar refractivity (Wildman–Crippen MR) is 144 cm³/mol. The maximum absolute atomic E-state index is 2.33. The van der Waals surface area contributed by atoms with Gasteiger partial charge in [0.05, 0.1) is 0 Å². The second kappa shape index (κ2) is 12.5. The van der Waals surface area contributed by atoms with Crippen molar-refractivity contribution in [1.82, 2.24) is 0 Å². The largest absolute Gasteiger partial charge is 0.165 e. The van der Waals surface area contributed by atoms with Gasteiger partial charge in [0.2, 0.25) is 0 Å². The first-order chi connectivity index (χ1) is 14.3. The van der Waals surface area contributed by atoms with Crippen LogP contribution in [0.5, 0.6) is 0 Å². The summed E-state index contributed by atoms with van der Waals surface area (Å²) < 4.78 is 0. The van der Waals surface area contributed by atoms with Crippen LogP contribution in [0, 0.1) is 6.92 Å². The third-order valence-electron chi connectivity index (χ3n) is 5.99. The third-order valence-corrected chi connectivity index (χ3v) is 5.99. The Hall–Kier alpha value is -1.93. The Balaban J connectivity index is 0.00000136. The molecule has 0 atom stereocenters. The van der Waals surface area contributed by atoms with E-state index in [-0.39, 0.29) is 64.4 Å². The summed E-state index contributed by atoms with van der Waals surface area (Å²) in [7, 11) is 0. The Morgan fingerprint density at radius 2 is 0.879 bits per heavy atom. The fraction of sp³-hybridized carbons (Fsp3) is 0.0690. The third kappa shape index (κ3) is 4.97. The van der Waals surface area contributed by atoms with Crippen LogP contribution in [0.25, 0.3) is 10.8 Å². The van der Waals surface area contributed by atoms with Crippen molar-refractivity contribution in [2.24, 2.45) is 0 Å². The van der Waals surface area contributed by atoms with Gasteiger partial charge in [0.15, 0.2) is 0 Å². The summed E-state index contributed by atoms with van der Waals surface area (Å²) in [6.07, 6.45) is 0. The van der Waals surface area contributed by atoms with Crippen molar-refractivity contribution in [2.45, 2.75) is 12.3 Å². The molecule has 0 unspecified atom stereocenters. The average Bonchev–Trinajstić information content (AvgIpc) is 3.13. The topological polar surface area (TPSA) is 0 Å². The predicted octanol–water partition coefficient (Wildman–Crippen LogP) is 8.51. The monoisotopic (exact) mass is 527 g/mol. The van der Waals surface area contributed by atoms with Crippen LogP contribution in [0.4, 0.5) is 0 Å². The number of fused-ring (bicyclic) bond motifs is 1. The number of halogens is 3. The Morgan fingerprint density at radius 1 is 0.515 bits per heavy atom. The molecule has 0 N–H and O–H groups in total. The molecule has 0 heterocycles. The van der Waals surface area contributed by atoms with Crippen LogP contribution in [0.3, 0.4) is 0 Å². The Morgan fingerprint density at radius 3 is 1.30 bits per heavy atom. The molecule has 33 heavy (non-hydrogen) atoms. The van der Waals surface area contributed by atoms with E-state index >= 15 is 0 Å². The van der Waals surface area contributed by atoms with Crippen LogP contribution in [-0.4, -0.2) is 0 Å². The van der Waals surface area contributed by atoms with Crippen LogP contribution in [-0.2, 0) is 27.1 Å². The van der Waals surface area contributed by atoms with Crippen molar-refractivity contribution in [3.63, 3.8) is 0 Å². The minimum absolute atomic E-state index is 0. The molecule has 0 saturated carbocycles. The van der Waals surface area contributed by atoms with Gasteiger partial charge in [-0.2, -0.15) is 6.07 Å². The summed E-state index contributed by atoms with van der Waals surface area (Å²) in [5.41, 5.74) is 6.18. The van der Waals surface area contributed by atoms with Gasteiger partial charge in [0.25, 0.3) is 0 Å². The van der Waals surface area contributed by atoms with Gasteiger partial charge in [0, 0.05) is 27.1 Å². The van der Waals surface area contributed by atoms with E-state index in [2.05, 4.69) is 128 Å². The molecule has 0 aliphatic carbocycles. The molecule has 5 aromatic carbocycles. The van der Waals surface area contributed by atoms with Crippen molar-refractivity contribution in [1.29, 1.82) is 0 Å². The molecule has 5 rings (SSSR count). The summed E-state index contributed by atoms with van der Waals surface area (Å²) in [4.78, 5) is 0. The van der Waals surface area contributed by atoms with E-state index in [0.717, 1.165) is 0 Å². The van der Waals surface area contributed by atoms with Gasteiger partial charge in [-0.15, -0.1) is 77.3 Å². The molecule has 0 saturated heterocycles. The van der Waals surface area contributed by atoms with Gasteiger partial charge in [-0.05, 0) is 16.7 Å². The number of hydrogen-bond donors (Lipinski definition) is 0. The quantitative estimate of drug-likeness (QED) is 0.125. The van der Waals surface area contributed by atoms with Crippen LogP contribution < -0.4 is 0 Å². The SMILES string of the molecule is Cc1cc2ccccc2[c-]1C(c1ccccc1)(c1ccccc1)c1ccccc1.Cl.Cl.Cl.[Ti]. The average molecular weight is 529 g/mol. The van der Waals surface area contributed by atoms with E-state index in [1.807, 2.05) is 0 Å². The van der Waals surface area contributed by atoms with E-state index in [1.54, 1.807) is 0 Å². The molecule has 0 spiro atoms. The van der Waals surface area contributed by atoms with Crippen LogP contribution in [0.2, 0.25) is 0 Å². The van der Waals surface area contributed by atoms with Crippen LogP contribution in [0.1, 0.15) is 27.8 Å². The zero-order chi connectivity index (χ0) is 19.7. The molecule has 4 heteroatoms. The second-order valence-corrected chi connectivity index (χ2v) is 7.64. The normalized spacial score (nSPS) is 10.2. The molecule has 0 radical (unpaired) electrons. The summed E-state index contributed by atoms with van der Waals surface area (Å²) in [6, 6.07) is 43.9. The number of hydrogen-bond acceptors (Lipinski definition) is 0.